The third-order valence-electron chi connectivity index (χ3n) is 3.88. The summed E-state index contributed by atoms with van der Waals surface area (Å²) in [7, 11) is 0. The van der Waals surface area contributed by atoms with E-state index in [-0.39, 0.29) is 5.91 Å². The molecule has 2 rings (SSSR count). The molecule has 0 radical (unpaired) electrons. The number of hydrogen-bond acceptors (Lipinski definition) is 3. The Kier molecular flexibility index (Phi) is 5.40. The minimum atomic E-state index is -0.500. The van der Waals surface area contributed by atoms with Crippen LogP contribution in [0.4, 0.5) is 0 Å². The molecule has 1 atom stereocenters. The van der Waals surface area contributed by atoms with Gasteiger partial charge in [-0.3, -0.25) is 4.79 Å². The van der Waals surface area contributed by atoms with Crippen LogP contribution in [0.3, 0.4) is 0 Å². The number of rotatable bonds is 5. The number of halogens is 1. The molecule has 0 spiro atoms. The first-order valence-electron chi connectivity index (χ1n) is 6.99. The maximum absolute atomic E-state index is 10.9. The number of benzene rings is 1. The molecule has 1 aliphatic rings. The van der Waals surface area contributed by atoms with Crippen molar-refractivity contribution in [3.63, 3.8) is 0 Å². The van der Waals surface area contributed by atoms with Gasteiger partial charge in [-0.05, 0) is 49.5 Å². The Morgan fingerprint density at radius 1 is 1.35 bits per heavy atom. The zero-order valence-electron chi connectivity index (χ0n) is 11.5. The molecule has 1 heterocycles. The molecule has 1 saturated heterocycles. The SMILES string of the molecule is NC(=O)CC1CCN(CC(O)c2ccc(Cl)cc2)CC1. The molecule has 110 valence electrons. The van der Waals surface area contributed by atoms with E-state index in [1.807, 2.05) is 12.1 Å². The highest BCUT2D eigenvalue weighted by molar-refractivity contribution is 6.30. The molecule has 1 amide bonds. The lowest BCUT2D eigenvalue weighted by atomic mass is 9.93. The second kappa shape index (κ2) is 7.07. The van der Waals surface area contributed by atoms with Gasteiger partial charge in [0.05, 0.1) is 6.10 Å². The maximum atomic E-state index is 10.9. The Labute approximate surface area is 124 Å². The average molecular weight is 297 g/mol. The summed E-state index contributed by atoms with van der Waals surface area (Å²) in [5.74, 6) is 0.182. The molecule has 1 unspecified atom stereocenters. The van der Waals surface area contributed by atoms with Gasteiger partial charge in [-0.1, -0.05) is 23.7 Å². The van der Waals surface area contributed by atoms with Gasteiger partial charge in [-0.25, -0.2) is 0 Å². The summed E-state index contributed by atoms with van der Waals surface area (Å²) in [6, 6.07) is 7.29. The lowest BCUT2D eigenvalue weighted by Gasteiger charge is -2.32. The molecule has 1 fully saturated rings. The second-order valence-corrected chi connectivity index (χ2v) is 5.92. The van der Waals surface area contributed by atoms with E-state index in [0.717, 1.165) is 31.5 Å². The number of nitrogens with zero attached hydrogens (tertiary/aromatic N) is 1. The van der Waals surface area contributed by atoms with E-state index >= 15 is 0 Å². The Hall–Kier alpha value is -1.10. The monoisotopic (exact) mass is 296 g/mol. The predicted octanol–water partition coefficient (Wildman–Crippen LogP) is 1.96. The summed E-state index contributed by atoms with van der Waals surface area (Å²) in [6.45, 7) is 2.43. The van der Waals surface area contributed by atoms with Crippen molar-refractivity contribution in [1.82, 2.24) is 4.90 Å². The number of aliphatic hydroxyl groups is 1. The van der Waals surface area contributed by atoms with E-state index in [2.05, 4.69) is 4.90 Å². The largest absolute Gasteiger partial charge is 0.387 e. The van der Waals surface area contributed by atoms with Gasteiger partial charge in [-0.2, -0.15) is 0 Å². The van der Waals surface area contributed by atoms with Crippen LogP contribution in [-0.2, 0) is 4.79 Å². The number of aliphatic hydroxyl groups excluding tert-OH is 1. The first kappa shape index (κ1) is 15.3. The smallest absolute Gasteiger partial charge is 0.217 e. The summed E-state index contributed by atoms with van der Waals surface area (Å²) in [5, 5.41) is 10.9. The Balaban J connectivity index is 1.80. The van der Waals surface area contributed by atoms with Crippen molar-refractivity contribution in [2.45, 2.75) is 25.4 Å². The Morgan fingerprint density at radius 2 is 1.95 bits per heavy atom. The van der Waals surface area contributed by atoms with Crippen molar-refractivity contribution < 1.29 is 9.90 Å². The lowest BCUT2D eigenvalue weighted by molar-refractivity contribution is -0.119. The maximum Gasteiger partial charge on any atom is 0.217 e. The average Bonchev–Trinajstić information content (AvgIpc) is 2.41. The van der Waals surface area contributed by atoms with E-state index in [0.29, 0.717) is 23.9 Å². The van der Waals surface area contributed by atoms with Crippen molar-refractivity contribution in [3.05, 3.63) is 34.9 Å². The summed E-state index contributed by atoms with van der Waals surface area (Å²) >= 11 is 5.84. The molecule has 1 aromatic carbocycles. The van der Waals surface area contributed by atoms with Crippen LogP contribution in [0.15, 0.2) is 24.3 Å². The summed E-state index contributed by atoms with van der Waals surface area (Å²) in [6.07, 6.45) is 1.92. The molecule has 20 heavy (non-hydrogen) atoms. The van der Waals surface area contributed by atoms with Gasteiger partial charge in [0.15, 0.2) is 0 Å². The van der Waals surface area contributed by atoms with Gasteiger partial charge in [0.2, 0.25) is 5.91 Å². The van der Waals surface area contributed by atoms with Crippen molar-refractivity contribution >= 4 is 17.5 Å². The molecule has 4 nitrogen and oxygen atoms in total. The minimum Gasteiger partial charge on any atom is -0.387 e. The molecule has 0 saturated carbocycles. The van der Waals surface area contributed by atoms with E-state index in [9.17, 15) is 9.90 Å². The highest BCUT2D eigenvalue weighted by atomic mass is 35.5. The summed E-state index contributed by atoms with van der Waals surface area (Å²) < 4.78 is 0. The third-order valence-corrected chi connectivity index (χ3v) is 4.13. The number of likely N-dealkylation sites (tertiary alicyclic amines) is 1. The van der Waals surface area contributed by atoms with Crippen molar-refractivity contribution in [3.8, 4) is 0 Å². The van der Waals surface area contributed by atoms with Crippen LogP contribution in [0, 0.1) is 5.92 Å². The number of primary amides is 1. The van der Waals surface area contributed by atoms with E-state index < -0.39 is 6.10 Å². The highest BCUT2D eigenvalue weighted by Gasteiger charge is 2.22. The molecule has 5 heteroatoms. The summed E-state index contributed by atoms with van der Waals surface area (Å²) in [5.41, 5.74) is 6.11. The number of carbonyl (C=O) groups is 1. The number of amides is 1. The molecule has 0 aliphatic carbocycles. The number of β-amino-alcohol motifs (C(OH)–C–C–N with tert-alkyl or cyclic N) is 1. The van der Waals surface area contributed by atoms with Crippen LogP contribution in [-0.4, -0.2) is 35.5 Å². The van der Waals surface area contributed by atoms with Gasteiger partial charge >= 0.3 is 0 Å². The topological polar surface area (TPSA) is 66.6 Å². The first-order chi connectivity index (χ1) is 9.54. The van der Waals surface area contributed by atoms with E-state index in [4.69, 9.17) is 17.3 Å². The number of nitrogens with two attached hydrogens (primary N) is 1. The van der Waals surface area contributed by atoms with Crippen LogP contribution in [0.25, 0.3) is 0 Å². The van der Waals surface area contributed by atoms with Crippen LogP contribution in [0.2, 0.25) is 5.02 Å². The van der Waals surface area contributed by atoms with Gasteiger partial charge in [-0.15, -0.1) is 0 Å². The van der Waals surface area contributed by atoms with E-state index in [1.165, 1.54) is 0 Å². The quantitative estimate of drug-likeness (QED) is 0.873. The summed E-state index contributed by atoms with van der Waals surface area (Å²) in [4.78, 5) is 13.1. The fourth-order valence-corrected chi connectivity index (χ4v) is 2.82. The van der Waals surface area contributed by atoms with Gasteiger partial charge < -0.3 is 15.7 Å². The van der Waals surface area contributed by atoms with Gasteiger partial charge in [0.25, 0.3) is 0 Å². The van der Waals surface area contributed by atoms with Crippen LogP contribution < -0.4 is 5.73 Å². The van der Waals surface area contributed by atoms with Gasteiger partial charge in [0.1, 0.15) is 0 Å². The number of hydrogen-bond donors (Lipinski definition) is 2. The number of carbonyl (C=O) groups excluding carboxylic acids is 1. The predicted molar refractivity (Wildman–Crippen MR) is 79.4 cm³/mol. The second-order valence-electron chi connectivity index (χ2n) is 5.48. The zero-order valence-corrected chi connectivity index (χ0v) is 12.2. The molecule has 1 aromatic rings. The van der Waals surface area contributed by atoms with Crippen molar-refractivity contribution in [1.29, 1.82) is 0 Å². The third kappa shape index (κ3) is 4.47. The van der Waals surface area contributed by atoms with Crippen molar-refractivity contribution in [2.24, 2.45) is 11.7 Å². The van der Waals surface area contributed by atoms with Crippen LogP contribution in [0.1, 0.15) is 30.9 Å². The molecule has 3 N–H and O–H groups in total. The minimum absolute atomic E-state index is 0.218. The normalized spacial score (nSPS) is 18.9. The van der Waals surface area contributed by atoms with Crippen molar-refractivity contribution in [2.75, 3.05) is 19.6 Å². The molecular weight excluding hydrogens is 276 g/mol. The number of piperidine rings is 1. The lowest BCUT2D eigenvalue weighted by Crippen LogP contribution is -2.37. The Bertz CT molecular complexity index is 442. The molecule has 1 aliphatic heterocycles. The Morgan fingerprint density at radius 3 is 2.50 bits per heavy atom. The van der Waals surface area contributed by atoms with Crippen LogP contribution in [0.5, 0.6) is 0 Å². The zero-order chi connectivity index (χ0) is 14.5. The fraction of sp³-hybridized carbons (Fsp3) is 0.533. The first-order valence-corrected chi connectivity index (χ1v) is 7.36. The highest BCUT2D eigenvalue weighted by Crippen LogP contribution is 2.23. The molecular formula is C15H21ClN2O2. The van der Waals surface area contributed by atoms with Crippen LogP contribution >= 0.6 is 11.6 Å². The standard InChI is InChI=1S/C15H21ClN2O2/c16-13-3-1-12(2-4-13)14(19)10-18-7-5-11(6-8-18)9-15(17)20/h1-4,11,14,19H,5-10H2,(H2,17,20). The molecule has 0 aromatic heterocycles. The van der Waals surface area contributed by atoms with E-state index in [1.54, 1.807) is 12.1 Å². The van der Waals surface area contributed by atoms with Gasteiger partial charge in [0, 0.05) is 18.0 Å². The fourth-order valence-electron chi connectivity index (χ4n) is 2.69. The molecule has 0 bridgehead atoms.